The summed E-state index contributed by atoms with van der Waals surface area (Å²) < 4.78 is 4.60. The summed E-state index contributed by atoms with van der Waals surface area (Å²) in [5, 5.41) is 13.0. The fourth-order valence-electron chi connectivity index (χ4n) is 6.03. The molecule has 6 rings (SSSR count). The summed E-state index contributed by atoms with van der Waals surface area (Å²) in [7, 11) is 0. The van der Waals surface area contributed by atoms with Gasteiger partial charge in [-0.2, -0.15) is 10.2 Å². The summed E-state index contributed by atoms with van der Waals surface area (Å²) in [6.45, 7) is 6.08. The highest BCUT2D eigenvalue weighted by atomic mass is 16.2. The van der Waals surface area contributed by atoms with Gasteiger partial charge in [-0.1, -0.05) is 48.5 Å². The normalized spacial score (nSPS) is 12.0. The number of hydrazone groups is 2. The van der Waals surface area contributed by atoms with Gasteiger partial charge >= 0.3 is 0 Å². The zero-order valence-corrected chi connectivity index (χ0v) is 25.1. The van der Waals surface area contributed by atoms with E-state index in [1.807, 2.05) is 24.3 Å². The molecule has 0 radical (unpaired) electrons. The number of unbranched alkanes of at least 4 members (excludes halogenated alkanes) is 1. The Bertz CT molecular complexity index is 1900. The Morgan fingerprint density at radius 1 is 0.591 bits per heavy atom. The highest BCUT2D eigenvalue weighted by molar-refractivity contribution is 6.10. The van der Waals surface area contributed by atoms with Crippen LogP contribution in [0.3, 0.4) is 0 Å². The summed E-state index contributed by atoms with van der Waals surface area (Å²) in [5.41, 5.74) is 11.8. The Balaban J connectivity index is 0.953. The number of nitrogens with zero attached hydrogens (tertiary/aromatic N) is 4. The van der Waals surface area contributed by atoms with Crippen LogP contribution in [0.2, 0.25) is 0 Å². The number of carbonyl (C=O) groups excluding carboxylic acids is 2. The van der Waals surface area contributed by atoms with Crippen LogP contribution in [0.15, 0.2) is 95.1 Å². The Morgan fingerprint density at radius 3 is 1.43 bits per heavy atom. The van der Waals surface area contributed by atoms with Gasteiger partial charge in [0.15, 0.2) is 0 Å². The quantitative estimate of drug-likeness (QED) is 0.0966. The fourth-order valence-corrected chi connectivity index (χ4v) is 6.03. The Morgan fingerprint density at radius 2 is 1.00 bits per heavy atom. The number of benzene rings is 4. The molecule has 0 bridgehead atoms. The molecule has 0 aliphatic rings. The van der Waals surface area contributed by atoms with E-state index in [9.17, 15) is 9.59 Å². The molecule has 8 heteroatoms. The van der Waals surface area contributed by atoms with Crippen LogP contribution >= 0.6 is 0 Å². The number of hydrogen-bond donors (Lipinski definition) is 2. The molecule has 0 saturated heterocycles. The summed E-state index contributed by atoms with van der Waals surface area (Å²) in [6.07, 6.45) is 5.09. The maximum Gasteiger partial charge on any atom is 0.240 e. The molecule has 6 aromatic rings. The average molecular weight is 585 g/mol. The number of nitrogens with one attached hydrogen (secondary N) is 2. The second kappa shape index (κ2) is 13.0. The van der Waals surface area contributed by atoms with Gasteiger partial charge in [-0.3, -0.25) is 9.59 Å². The van der Waals surface area contributed by atoms with Crippen molar-refractivity contribution in [3.05, 3.63) is 96.1 Å². The molecule has 2 aromatic heterocycles. The highest BCUT2D eigenvalue weighted by Gasteiger charge is 2.11. The first-order valence-corrected chi connectivity index (χ1v) is 15.2. The van der Waals surface area contributed by atoms with Crippen molar-refractivity contribution < 1.29 is 9.59 Å². The molecule has 222 valence electrons. The lowest BCUT2D eigenvalue weighted by Gasteiger charge is -2.03. The van der Waals surface area contributed by atoms with E-state index in [-0.39, 0.29) is 11.8 Å². The van der Waals surface area contributed by atoms with Crippen molar-refractivity contribution in [3.63, 3.8) is 0 Å². The van der Waals surface area contributed by atoms with Crippen molar-refractivity contribution in [1.82, 2.24) is 20.0 Å². The second-order valence-corrected chi connectivity index (χ2v) is 10.9. The molecule has 0 unspecified atom stereocenters. The first-order valence-electron chi connectivity index (χ1n) is 15.2. The number of para-hydroxylation sites is 2. The van der Waals surface area contributed by atoms with Gasteiger partial charge in [0.1, 0.15) is 0 Å². The number of amides is 2. The number of aromatic nitrogens is 2. The van der Waals surface area contributed by atoms with Crippen LogP contribution in [0.5, 0.6) is 0 Å². The molecule has 0 aliphatic carbocycles. The first-order chi connectivity index (χ1) is 21.6. The third kappa shape index (κ3) is 5.83. The largest absolute Gasteiger partial charge is 0.341 e. The van der Waals surface area contributed by atoms with Gasteiger partial charge in [0.05, 0.1) is 12.4 Å². The Kier molecular flexibility index (Phi) is 8.50. The maximum absolute atomic E-state index is 12.3. The minimum absolute atomic E-state index is 0.178. The summed E-state index contributed by atoms with van der Waals surface area (Å²) in [6, 6.07) is 29.2. The van der Waals surface area contributed by atoms with Crippen molar-refractivity contribution in [2.45, 2.75) is 52.6 Å². The van der Waals surface area contributed by atoms with Gasteiger partial charge in [-0.15, -0.1) is 0 Å². The molecule has 2 amide bonds. The van der Waals surface area contributed by atoms with E-state index in [1.54, 1.807) is 12.4 Å². The van der Waals surface area contributed by atoms with E-state index in [0.717, 1.165) is 24.2 Å². The first kappa shape index (κ1) is 28.9. The van der Waals surface area contributed by atoms with Gasteiger partial charge < -0.3 is 9.13 Å². The summed E-state index contributed by atoms with van der Waals surface area (Å²) in [4.78, 5) is 24.6. The minimum atomic E-state index is -0.178. The van der Waals surface area contributed by atoms with Gasteiger partial charge in [-0.25, -0.2) is 10.9 Å². The lowest BCUT2D eigenvalue weighted by atomic mass is 10.1. The van der Waals surface area contributed by atoms with Crippen LogP contribution in [0.25, 0.3) is 43.6 Å². The predicted molar refractivity (Wildman–Crippen MR) is 180 cm³/mol. The van der Waals surface area contributed by atoms with Crippen molar-refractivity contribution in [2.24, 2.45) is 10.2 Å². The molecule has 4 aromatic carbocycles. The van der Waals surface area contributed by atoms with Crippen LogP contribution in [-0.4, -0.2) is 33.4 Å². The number of rotatable bonds is 11. The van der Waals surface area contributed by atoms with Gasteiger partial charge in [0, 0.05) is 69.5 Å². The molecule has 0 fully saturated rings. The third-order valence-corrected chi connectivity index (χ3v) is 8.09. The van der Waals surface area contributed by atoms with Crippen molar-refractivity contribution in [2.75, 3.05) is 0 Å². The Labute approximate surface area is 256 Å². The highest BCUT2D eigenvalue weighted by Crippen LogP contribution is 2.30. The molecule has 0 spiro atoms. The van der Waals surface area contributed by atoms with Gasteiger partial charge in [0.2, 0.25) is 11.8 Å². The van der Waals surface area contributed by atoms with Crippen LogP contribution in [0.1, 0.15) is 50.7 Å². The standard InChI is InChI=1S/C36H36N6O2/c1-3-41-31-13-7-5-11-27(31)29-21-25(17-19-33(29)41)23-37-39-35(43)15-9-10-16-36(44)40-38-24-26-18-20-34-30(22-26)28-12-6-8-14-32(28)42(34)4-2/h5-8,11-14,17-24H,3-4,9-10,15-16H2,1-2H3,(H,39,43)(H,40,44). The molecule has 2 heterocycles. The van der Waals surface area contributed by atoms with E-state index in [0.29, 0.717) is 25.7 Å². The van der Waals surface area contributed by atoms with E-state index in [4.69, 9.17) is 0 Å². The van der Waals surface area contributed by atoms with Crippen molar-refractivity contribution >= 4 is 67.9 Å². The molecule has 0 aliphatic heterocycles. The zero-order chi connectivity index (χ0) is 30.5. The Hall–Kier alpha value is -5.24. The second-order valence-electron chi connectivity index (χ2n) is 10.9. The SMILES string of the molecule is CCn1c2ccccc2c2cc(C=NNC(=O)CCCCC(=O)NN=Cc3ccc4c(c3)c3ccccc3n4CC)ccc21. The lowest BCUT2D eigenvalue weighted by Crippen LogP contribution is -2.19. The average Bonchev–Trinajstić information content (AvgIpc) is 3.54. The van der Waals surface area contributed by atoms with Crippen molar-refractivity contribution in [1.29, 1.82) is 0 Å². The van der Waals surface area contributed by atoms with Crippen LogP contribution in [-0.2, 0) is 22.7 Å². The molecule has 2 N–H and O–H groups in total. The molecule has 44 heavy (non-hydrogen) atoms. The zero-order valence-electron chi connectivity index (χ0n) is 25.1. The number of hydrogen-bond acceptors (Lipinski definition) is 4. The molecular formula is C36H36N6O2. The van der Waals surface area contributed by atoms with Gasteiger partial charge in [-0.05, 0) is 74.2 Å². The van der Waals surface area contributed by atoms with E-state index < -0.39 is 0 Å². The lowest BCUT2D eigenvalue weighted by molar-refractivity contribution is -0.123. The van der Waals surface area contributed by atoms with Crippen molar-refractivity contribution in [3.8, 4) is 0 Å². The number of aryl methyl sites for hydroxylation is 2. The van der Waals surface area contributed by atoms with Crippen LogP contribution in [0, 0.1) is 0 Å². The van der Waals surface area contributed by atoms with Crippen LogP contribution in [0.4, 0.5) is 0 Å². The smallest absolute Gasteiger partial charge is 0.240 e. The summed E-state index contributed by atoms with van der Waals surface area (Å²) in [5.74, 6) is -0.355. The topological polar surface area (TPSA) is 92.8 Å². The van der Waals surface area contributed by atoms with Crippen LogP contribution < -0.4 is 10.9 Å². The number of carbonyl (C=O) groups is 2. The van der Waals surface area contributed by atoms with E-state index in [1.165, 1.54) is 43.6 Å². The summed E-state index contributed by atoms with van der Waals surface area (Å²) >= 11 is 0. The molecule has 8 nitrogen and oxygen atoms in total. The number of fused-ring (bicyclic) bond motifs is 6. The predicted octanol–water partition coefficient (Wildman–Crippen LogP) is 7.10. The molecular weight excluding hydrogens is 548 g/mol. The molecule has 0 atom stereocenters. The minimum Gasteiger partial charge on any atom is -0.341 e. The van der Waals surface area contributed by atoms with E-state index in [2.05, 4.69) is 105 Å². The maximum atomic E-state index is 12.3. The monoisotopic (exact) mass is 584 g/mol. The van der Waals surface area contributed by atoms with E-state index >= 15 is 0 Å². The third-order valence-electron chi connectivity index (χ3n) is 8.09. The fraction of sp³-hybridized carbons (Fsp3) is 0.222. The molecule has 0 saturated carbocycles. The van der Waals surface area contributed by atoms with Gasteiger partial charge in [0.25, 0.3) is 0 Å².